The van der Waals surface area contributed by atoms with Gasteiger partial charge in [0.1, 0.15) is 44.6 Å². The summed E-state index contributed by atoms with van der Waals surface area (Å²) in [4.78, 5) is 144. The molecule has 0 aliphatic heterocycles. The molecule has 4 saturated carbocycles. The van der Waals surface area contributed by atoms with E-state index in [1.807, 2.05) is 176 Å². The Kier molecular flexibility index (Phi) is 59.6. The Morgan fingerprint density at radius 3 is 0.806 bits per heavy atom. The van der Waals surface area contributed by atoms with E-state index in [4.69, 9.17) is 117 Å². The van der Waals surface area contributed by atoms with E-state index in [1.54, 1.807) is 12.2 Å². The average Bonchev–Trinajstić information content (AvgIpc) is 0.794. The molecule has 4 fully saturated rings. The van der Waals surface area contributed by atoms with Gasteiger partial charge < -0.3 is 57.6 Å². The van der Waals surface area contributed by atoms with Crippen LogP contribution in [0.3, 0.4) is 0 Å². The molecule has 5 aromatic carbocycles. The number of methoxy groups -OCH3 is 5. The van der Waals surface area contributed by atoms with Crippen molar-refractivity contribution in [3.05, 3.63) is 242 Å². The van der Waals surface area contributed by atoms with Crippen LogP contribution in [0, 0.1) is 59.2 Å². The van der Waals surface area contributed by atoms with E-state index in [2.05, 4.69) is 70.3 Å². The topological polar surface area (TPSA) is 338 Å². The average molecular weight is 2130 g/mol. The molecular weight excluding hydrogens is 2000 g/mol. The van der Waals surface area contributed by atoms with E-state index in [0.29, 0.717) is 77.0 Å². The van der Waals surface area contributed by atoms with Gasteiger partial charge in [-0.05, 0) is 117 Å². The quantitative estimate of drug-likeness (QED) is 0.0203. The van der Waals surface area contributed by atoms with E-state index >= 15 is 0 Å². The Hall–Kier alpha value is -7.06. The van der Waals surface area contributed by atoms with E-state index < -0.39 is 159 Å². The molecule has 0 amide bonds. The number of halogens is 8. The summed E-state index contributed by atoms with van der Waals surface area (Å²) in [6, 6.07) is 49.3. The Bertz CT molecular complexity index is 4460. The van der Waals surface area contributed by atoms with Crippen LogP contribution in [0.4, 0.5) is 0 Å². The first kappa shape index (κ1) is 123. The number of ether oxygens (including phenoxy) is 10. The fourth-order valence-electron chi connectivity index (χ4n) is 14.7. The second-order valence-corrected chi connectivity index (χ2v) is 76.5. The van der Waals surface area contributed by atoms with Gasteiger partial charge in [-0.1, -0.05) is 227 Å². The van der Waals surface area contributed by atoms with Crippen molar-refractivity contribution in [2.24, 2.45) is 59.2 Å². The van der Waals surface area contributed by atoms with Gasteiger partial charge in [-0.25, -0.2) is 0 Å². The predicted octanol–water partition coefficient (Wildman–Crippen LogP) is 22.0. The molecular formula is C98H130Cl8O24Si2Ti2. The van der Waals surface area contributed by atoms with E-state index in [-0.39, 0.29) is 82.2 Å². The number of hydrogen-bond acceptors (Lipinski definition) is 24. The molecule has 738 valence electrons. The van der Waals surface area contributed by atoms with Crippen molar-refractivity contribution in [2.75, 3.05) is 35.5 Å². The number of aliphatic hydroxyl groups is 2. The molecule has 0 bridgehead atoms. The van der Waals surface area contributed by atoms with Crippen LogP contribution in [0.1, 0.15) is 131 Å². The first-order valence-electron chi connectivity index (χ1n) is 43.5. The minimum atomic E-state index is -3.11. The minimum absolute atomic E-state index is 0.0162. The molecule has 5 aliphatic carbocycles. The number of benzene rings is 5. The Morgan fingerprint density at radius 1 is 0.336 bits per heavy atom. The van der Waals surface area contributed by atoms with Crippen LogP contribution >= 0.6 is 74.4 Å². The number of carbonyl (C=O) groups is 12. The van der Waals surface area contributed by atoms with Crippen LogP contribution in [-0.4, -0.2) is 144 Å². The number of hydrogen-bond donors (Lipinski definition) is 2. The van der Waals surface area contributed by atoms with Gasteiger partial charge in [0.05, 0.1) is 106 Å². The fraction of sp³-hybridized carbons (Fsp3) is 0.469. The summed E-state index contributed by atoms with van der Waals surface area (Å²) in [5, 5.41) is 21.2. The summed E-state index contributed by atoms with van der Waals surface area (Å²) in [7, 11) is 45.0. The van der Waals surface area contributed by atoms with Gasteiger partial charge >= 0.3 is 159 Å². The molecule has 0 aromatic heterocycles. The van der Waals surface area contributed by atoms with Crippen molar-refractivity contribution >= 4 is 162 Å². The summed E-state index contributed by atoms with van der Waals surface area (Å²) < 4.78 is 50.4. The van der Waals surface area contributed by atoms with Gasteiger partial charge in [0.25, 0.3) is 0 Å². The molecule has 2 unspecified atom stereocenters. The van der Waals surface area contributed by atoms with E-state index in [1.165, 1.54) is 47.6 Å². The van der Waals surface area contributed by atoms with Crippen LogP contribution in [0.25, 0.3) is 0 Å². The molecule has 5 aromatic rings. The molecule has 134 heavy (non-hydrogen) atoms. The number of rotatable bonds is 28. The van der Waals surface area contributed by atoms with Gasteiger partial charge in [-0.3, -0.25) is 57.5 Å². The summed E-state index contributed by atoms with van der Waals surface area (Å²) >= 11 is -6.22. The first-order valence-corrected chi connectivity index (χ1v) is 68.2. The van der Waals surface area contributed by atoms with Crippen LogP contribution in [0.2, 0.25) is 51.4 Å². The molecule has 24 nitrogen and oxygen atoms in total. The van der Waals surface area contributed by atoms with Crippen molar-refractivity contribution in [2.45, 2.75) is 198 Å². The maximum atomic E-state index is 12.5. The number of carbonyl (C=O) groups excluding carboxylic acids is 12. The van der Waals surface area contributed by atoms with Gasteiger partial charge in [-0.2, -0.15) is 0 Å². The second-order valence-electron chi connectivity index (χ2n) is 34.5. The van der Waals surface area contributed by atoms with Gasteiger partial charge in [0, 0.05) is 41.8 Å². The van der Waals surface area contributed by atoms with Gasteiger partial charge in [0.2, 0.25) is 0 Å². The van der Waals surface area contributed by atoms with Crippen molar-refractivity contribution in [1.29, 1.82) is 0 Å². The molecule has 5 aliphatic rings. The zero-order chi connectivity index (χ0) is 101. The number of ketones is 2. The van der Waals surface area contributed by atoms with Crippen LogP contribution in [-0.2, 0) is 163 Å². The molecule has 0 saturated heterocycles. The van der Waals surface area contributed by atoms with Gasteiger partial charge in [0.15, 0.2) is 0 Å². The monoisotopic (exact) mass is 2120 g/mol. The third-order valence-electron chi connectivity index (χ3n) is 21.5. The third-order valence-corrected chi connectivity index (χ3v) is 24.5. The number of allylic oxidation sites excluding steroid dienone is 4. The van der Waals surface area contributed by atoms with Crippen molar-refractivity contribution in [3.8, 4) is 0 Å². The molecule has 10 rings (SSSR count). The summed E-state index contributed by atoms with van der Waals surface area (Å²) in [5.74, 6) is -10.6. The Labute approximate surface area is 829 Å². The first-order chi connectivity index (χ1) is 63.0. The standard InChI is InChI=1S/2C19H24O5.2C16H18O5.C16H18O4.2C6H14Si.8ClH.2Ti/c1-3-10-19(22)11-9-15(16(12-19)17(20)23-2)18(21)24-13-14-7-5-4-6-8-14;1-3-10-19(22)11-9-15(17(20)23-2)16(12-19)18(21)24-13-14-7-5-4-6-8-14;1-20-15(18)14-9-12(17)7-8-13(14)16(19)21-10-11-5-3-2-4-6-11;1-20-15(18)13-8-7-12(17)9-14(13)16(19)21-10-11-5-3-2-4-6-11;1-19-15(17)13-9-5-6-10-14(13)16(18)20-11-12-7-3-2-4-8-12;2*1-5-6-7(2,3)4;;;;;;;;;;/h2*3-8,15-16,22H,1,9-13H2,2H3;2*2-6,13-14H,7-10H2,1H3;2-8,13-14H,9-11H2,1H3;2*5H,1,6H2,2-4H3;8*1H;;/q;;;;;;;;;;;;;;;2*+4/p-8/t2*15-,16+,19?;3*13-,14+;;;;;;;;;;;;/m10100............/s1. The van der Waals surface area contributed by atoms with Crippen LogP contribution in [0.5, 0.6) is 0 Å². The molecule has 12 atom stereocenters. The van der Waals surface area contributed by atoms with Gasteiger partial charge in [-0.15, -0.1) is 26.3 Å². The zero-order valence-electron chi connectivity index (χ0n) is 78.2. The molecule has 36 heteroatoms. The molecule has 2 N–H and O–H groups in total. The summed E-state index contributed by atoms with van der Waals surface area (Å²) in [6.45, 7) is 29.5. The molecule has 0 spiro atoms. The normalized spacial score (nSPS) is 21.5. The van der Waals surface area contributed by atoms with Crippen LogP contribution in [0.15, 0.2) is 214 Å². The Balaban J connectivity index is 0.000000533. The van der Waals surface area contributed by atoms with Crippen molar-refractivity contribution < 1.29 is 140 Å². The summed E-state index contributed by atoms with van der Waals surface area (Å²) in [5.41, 5.74) is 2.40. The number of Topliss-reactive ketones (excluding diaryl/α,β-unsaturated/α-hetero) is 2. The van der Waals surface area contributed by atoms with Crippen molar-refractivity contribution in [3.63, 3.8) is 0 Å². The zero-order valence-corrected chi connectivity index (χ0v) is 89.3. The van der Waals surface area contributed by atoms with E-state index in [0.717, 1.165) is 27.8 Å². The van der Waals surface area contributed by atoms with E-state index in [9.17, 15) is 67.7 Å². The Morgan fingerprint density at radius 2 is 0.545 bits per heavy atom. The van der Waals surface area contributed by atoms with Crippen molar-refractivity contribution in [1.82, 2.24) is 0 Å². The fourth-order valence-corrected chi connectivity index (χ4v) is 16.5. The molecule has 0 radical (unpaired) electrons. The van der Waals surface area contributed by atoms with Crippen LogP contribution < -0.4 is 0 Å². The molecule has 0 heterocycles. The maximum absolute atomic E-state index is 12.5. The number of esters is 10. The second kappa shape index (κ2) is 65.0. The SMILES string of the molecule is C=CCC1(O)CC[C@@H](C(=O)OCc2ccccc2)[C@@H](C(=O)OC)C1.C=CCC1(O)CC[C@H](C(=O)OC)[C@H](C(=O)OCc2ccccc2)C1.C=CC[Si](C)(C)C.C=CC[Si](C)(C)C.COC(=O)[C@H]1CC(=O)CC[C@H]1C(=O)OCc1ccccc1.COC(=O)[C@H]1CC=CC[C@H]1C(=O)OCc1ccccc1.COC(=O)[C@H]1CCC(=O)C[C@H]1C(=O)OCc1ccccc1.[Cl][Ti]([Cl])([Cl])[Cl].[Cl][Ti]([Cl])([Cl])[Cl]. The summed E-state index contributed by atoms with van der Waals surface area (Å²) in [6.07, 6.45) is 16.3. The predicted molar refractivity (Wildman–Crippen MR) is 523 cm³/mol. The third kappa shape index (κ3) is 52.6.